The molecule has 26 heavy (non-hydrogen) atoms. The van der Waals surface area contributed by atoms with Crippen molar-refractivity contribution in [3.8, 4) is 0 Å². The van der Waals surface area contributed by atoms with Crippen LogP contribution in [0.4, 0.5) is 5.69 Å². The van der Waals surface area contributed by atoms with Crippen LogP contribution in [0.15, 0.2) is 59.7 Å². The summed E-state index contributed by atoms with van der Waals surface area (Å²) in [4.78, 5) is 2.38. The van der Waals surface area contributed by atoms with Gasteiger partial charge in [-0.2, -0.15) is 0 Å². The molecule has 5 heteroatoms. The van der Waals surface area contributed by atoms with Crippen molar-refractivity contribution in [3.63, 3.8) is 0 Å². The average molecular weight is 374 g/mol. The normalized spacial score (nSPS) is 15.4. The highest BCUT2D eigenvalue weighted by molar-refractivity contribution is 6.30. The van der Waals surface area contributed by atoms with Crippen LogP contribution in [0.5, 0.6) is 0 Å². The number of hydrogen-bond donors (Lipinski definition) is 2. The van der Waals surface area contributed by atoms with E-state index in [1.807, 2.05) is 43.3 Å². The van der Waals surface area contributed by atoms with E-state index in [1.54, 1.807) is 6.08 Å². The predicted octanol–water partition coefficient (Wildman–Crippen LogP) is 4.79. The van der Waals surface area contributed by atoms with Gasteiger partial charge in [0.1, 0.15) is 6.61 Å². The zero-order valence-corrected chi connectivity index (χ0v) is 16.2. The Labute approximate surface area is 161 Å². The van der Waals surface area contributed by atoms with Crippen LogP contribution >= 0.6 is 11.6 Å². The molecule has 1 fully saturated rings. The van der Waals surface area contributed by atoms with Gasteiger partial charge in [0.15, 0.2) is 0 Å². The van der Waals surface area contributed by atoms with Crippen molar-refractivity contribution in [1.29, 1.82) is 5.41 Å². The van der Waals surface area contributed by atoms with Crippen molar-refractivity contribution in [2.45, 2.75) is 19.8 Å². The highest BCUT2D eigenvalue weighted by atomic mass is 35.5. The summed E-state index contributed by atoms with van der Waals surface area (Å²) >= 11 is 5.78. The van der Waals surface area contributed by atoms with E-state index in [9.17, 15) is 0 Å². The molecule has 0 aromatic heterocycles. The fraction of sp³-hybridized carbons (Fsp3) is 0.381. The number of halogens is 1. The van der Waals surface area contributed by atoms with Gasteiger partial charge in [-0.1, -0.05) is 42.5 Å². The fourth-order valence-corrected chi connectivity index (χ4v) is 2.91. The van der Waals surface area contributed by atoms with Gasteiger partial charge in [-0.05, 0) is 56.6 Å². The smallest absolute Gasteiger partial charge is 0.215 e. The number of benzene rings is 1. The fourth-order valence-electron chi connectivity index (χ4n) is 2.85. The van der Waals surface area contributed by atoms with E-state index >= 15 is 0 Å². The Morgan fingerprint density at radius 1 is 1.31 bits per heavy atom. The van der Waals surface area contributed by atoms with E-state index in [0.29, 0.717) is 18.2 Å². The number of anilines is 1. The molecule has 1 aliphatic heterocycles. The van der Waals surface area contributed by atoms with Crippen LogP contribution in [0, 0.1) is 5.41 Å². The van der Waals surface area contributed by atoms with E-state index in [2.05, 4.69) is 16.8 Å². The van der Waals surface area contributed by atoms with Gasteiger partial charge in [-0.3, -0.25) is 10.3 Å². The van der Waals surface area contributed by atoms with Crippen LogP contribution in [0.1, 0.15) is 25.3 Å². The molecule has 1 saturated heterocycles. The lowest BCUT2D eigenvalue weighted by Crippen LogP contribution is -2.25. The Bertz CT molecular complexity index is 676. The highest BCUT2D eigenvalue weighted by Gasteiger charge is 2.13. The molecule has 1 aliphatic rings. The second kappa shape index (κ2) is 10.8. The number of rotatable bonds is 9. The zero-order valence-electron chi connectivity index (χ0n) is 15.4. The van der Waals surface area contributed by atoms with Gasteiger partial charge in [0.2, 0.25) is 5.90 Å². The third-order valence-corrected chi connectivity index (χ3v) is 4.48. The Morgan fingerprint density at radius 2 is 2.04 bits per heavy atom. The van der Waals surface area contributed by atoms with Gasteiger partial charge in [-0.25, -0.2) is 0 Å². The Morgan fingerprint density at radius 3 is 2.73 bits per heavy atom. The Kier molecular flexibility index (Phi) is 8.45. The molecule has 0 amide bonds. The lowest BCUT2D eigenvalue weighted by molar-refractivity contribution is 0.229. The molecule has 0 spiro atoms. The third-order valence-electron chi connectivity index (χ3n) is 4.36. The lowest BCUT2D eigenvalue weighted by Gasteiger charge is -2.17. The SMILES string of the molecule is C=C(Cl)/C=C\C(=CC)CNc1ccccc1C(=N)OCCN1CCCC1. The van der Waals surface area contributed by atoms with Crippen molar-refractivity contribution < 1.29 is 4.74 Å². The molecular formula is C21H28ClN3O. The van der Waals surface area contributed by atoms with Crippen molar-refractivity contribution in [2.75, 3.05) is 38.1 Å². The number of nitrogens with zero attached hydrogens (tertiary/aromatic N) is 1. The molecular weight excluding hydrogens is 346 g/mol. The average Bonchev–Trinajstić information content (AvgIpc) is 3.15. The lowest BCUT2D eigenvalue weighted by atomic mass is 10.1. The minimum atomic E-state index is 0.207. The van der Waals surface area contributed by atoms with Crippen LogP contribution in [0.25, 0.3) is 0 Å². The summed E-state index contributed by atoms with van der Waals surface area (Å²) in [7, 11) is 0. The third kappa shape index (κ3) is 6.70. The van der Waals surface area contributed by atoms with E-state index in [4.69, 9.17) is 21.7 Å². The second-order valence-electron chi connectivity index (χ2n) is 6.27. The van der Waals surface area contributed by atoms with Crippen molar-refractivity contribution >= 4 is 23.2 Å². The zero-order chi connectivity index (χ0) is 18.8. The largest absolute Gasteiger partial charge is 0.476 e. The number of likely N-dealkylation sites (tertiary alicyclic amines) is 1. The standard InChI is InChI=1S/C21H28ClN3O/c1-3-18(11-10-17(2)22)16-24-20-9-5-4-8-19(20)21(23)26-15-14-25-12-6-7-13-25/h3-5,8-11,23-24H,2,6-7,12-16H2,1H3/b11-10-,18-3?,23-21?. The summed E-state index contributed by atoms with van der Waals surface area (Å²) in [6.45, 7) is 9.99. The van der Waals surface area contributed by atoms with Crippen molar-refractivity contribution in [3.05, 3.63) is 65.2 Å². The molecule has 1 heterocycles. The first-order chi connectivity index (χ1) is 12.6. The molecule has 0 saturated carbocycles. The van der Waals surface area contributed by atoms with E-state index in [-0.39, 0.29) is 5.90 Å². The summed E-state index contributed by atoms with van der Waals surface area (Å²) in [5, 5.41) is 12.1. The van der Waals surface area contributed by atoms with Gasteiger partial charge in [-0.15, -0.1) is 0 Å². The number of hydrogen-bond acceptors (Lipinski definition) is 4. The maximum Gasteiger partial charge on any atom is 0.215 e. The van der Waals surface area contributed by atoms with Crippen LogP contribution in [-0.2, 0) is 4.74 Å². The predicted molar refractivity (Wildman–Crippen MR) is 111 cm³/mol. The Balaban J connectivity index is 1.91. The molecule has 2 rings (SSSR count). The highest BCUT2D eigenvalue weighted by Crippen LogP contribution is 2.17. The number of para-hydroxylation sites is 1. The summed E-state index contributed by atoms with van der Waals surface area (Å²) < 4.78 is 5.69. The first kappa shape index (κ1) is 20.3. The summed E-state index contributed by atoms with van der Waals surface area (Å²) in [6, 6.07) is 7.75. The maximum absolute atomic E-state index is 8.27. The van der Waals surface area contributed by atoms with Crippen LogP contribution in [-0.4, -0.2) is 43.6 Å². The molecule has 1 aromatic rings. The molecule has 0 aliphatic carbocycles. The first-order valence-corrected chi connectivity index (χ1v) is 9.42. The van der Waals surface area contributed by atoms with Gasteiger partial charge < -0.3 is 10.1 Å². The van der Waals surface area contributed by atoms with Crippen LogP contribution in [0.3, 0.4) is 0 Å². The van der Waals surface area contributed by atoms with E-state index in [1.165, 1.54) is 12.8 Å². The van der Waals surface area contributed by atoms with Gasteiger partial charge in [0.05, 0.1) is 5.56 Å². The molecule has 2 N–H and O–H groups in total. The van der Waals surface area contributed by atoms with Crippen LogP contribution in [0.2, 0.25) is 0 Å². The number of ether oxygens (including phenoxy) is 1. The van der Waals surface area contributed by atoms with Gasteiger partial charge >= 0.3 is 0 Å². The molecule has 0 bridgehead atoms. The number of allylic oxidation sites excluding steroid dienone is 3. The Hall–Kier alpha value is -2.04. The topological polar surface area (TPSA) is 48.4 Å². The molecule has 0 atom stereocenters. The van der Waals surface area contributed by atoms with Gasteiger partial charge in [0.25, 0.3) is 0 Å². The molecule has 0 unspecified atom stereocenters. The van der Waals surface area contributed by atoms with Crippen molar-refractivity contribution in [2.24, 2.45) is 0 Å². The minimum Gasteiger partial charge on any atom is -0.476 e. The number of nitrogens with one attached hydrogen (secondary N) is 2. The first-order valence-electron chi connectivity index (χ1n) is 9.05. The molecule has 1 aromatic carbocycles. The molecule has 140 valence electrons. The quantitative estimate of drug-likeness (QED) is 0.371. The van der Waals surface area contributed by atoms with Gasteiger partial charge in [0, 0.05) is 23.8 Å². The maximum atomic E-state index is 8.27. The second-order valence-corrected chi connectivity index (χ2v) is 6.75. The summed E-state index contributed by atoms with van der Waals surface area (Å²) in [5.41, 5.74) is 2.74. The van der Waals surface area contributed by atoms with Crippen LogP contribution < -0.4 is 5.32 Å². The minimum absolute atomic E-state index is 0.207. The monoisotopic (exact) mass is 373 g/mol. The molecule has 0 radical (unpaired) electrons. The summed E-state index contributed by atoms with van der Waals surface area (Å²) in [5.74, 6) is 0.207. The van der Waals surface area contributed by atoms with E-state index < -0.39 is 0 Å². The van der Waals surface area contributed by atoms with Crippen molar-refractivity contribution in [1.82, 2.24) is 4.90 Å². The molecule has 4 nitrogen and oxygen atoms in total. The summed E-state index contributed by atoms with van der Waals surface area (Å²) in [6.07, 6.45) is 8.26. The van der Waals surface area contributed by atoms with E-state index in [0.717, 1.165) is 36.5 Å².